The molecule has 6 heteroatoms. The standard InChI is InChI=1S/C21H28ClN3O2/c1-5-6-9-17(20(26)24-15(2)3)12-13-23-14-16(4)25-21(27)18-10-7-8-11-19(18)22/h5-13,15-16,23H,14H2,1-4H3,(H,24,26)(H,25,27)/b6-5-,13-12-,17-9+. The second-order valence-corrected chi connectivity index (χ2v) is 6.78. The van der Waals surface area contributed by atoms with Gasteiger partial charge in [0, 0.05) is 24.2 Å². The van der Waals surface area contributed by atoms with Gasteiger partial charge >= 0.3 is 0 Å². The molecule has 146 valence electrons. The van der Waals surface area contributed by atoms with Crippen LogP contribution in [0.25, 0.3) is 0 Å². The van der Waals surface area contributed by atoms with E-state index >= 15 is 0 Å². The number of amides is 2. The van der Waals surface area contributed by atoms with E-state index in [4.69, 9.17) is 11.6 Å². The van der Waals surface area contributed by atoms with Crippen molar-refractivity contribution in [1.82, 2.24) is 16.0 Å². The monoisotopic (exact) mass is 389 g/mol. The lowest BCUT2D eigenvalue weighted by atomic mass is 10.2. The van der Waals surface area contributed by atoms with Crippen molar-refractivity contribution in [3.63, 3.8) is 0 Å². The van der Waals surface area contributed by atoms with Crippen LogP contribution in [0.3, 0.4) is 0 Å². The Labute approximate surface area is 166 Å². The minimum Gasteiger partial charge on any atom is -0.389 e. The number of benzene rings is 1. The van der Waals surface area contributed by atoms with Gasteiger partial charge in [-0.15, -0.1) is 0 Å². The van der Waals surface area contributed by atoms with Crippen LogP contribution < -0.4 is 16.0 Å². The molecule has 0 fully saturated rings. The summed E-state index contributed by atoms with van der Waals surface area (Å²) in [4.78, 5) is 24.4. The Kier molecular flexibility index (Phi) is 9.98. The molecule has 1 unspecified atom stereocenters. The molecule has 27 heavy (non-hydrogen) atoms. The summed E-state index contributed by atoms with van der Waals surface area (Å²) < 4.78 is 0. The van der Waals surface area contributed by atoms with E-state index in [0.29, 0.717) is 22.7 Å². The summed E-state index contributed by atoms with van der Waals surface area (Å²) in [7, 11) is 0. The summed E-state index contributed by atoms with van der Waals surface area (Å²) in [6.07, 6.45) is 8.83. The van der Waals surface area contributed by atoms with E-state index in [1.54, 1.807) is 42.6 Å². The van der Waals surface area contributed by atoms with Crippen molar-refractivity contribution >= 4 is 23.4 Å². The van der Waals surface area contributed by atoms with Gasteiger partial charge in [-0.25, -0.2) is 0 Å². The first-order chi connectivity index (χ1) is 12.8. The van der Waals surface area contributed by atoms with Gasteiger partial charge in [-0.2, -0.15) is 0 Å². The van der Waals surface area contributed by atoms with Gasteiger partial charge < -0.3 is 16.0 Å². The molecule has 0 aliphatic carbocycles. The molecule has 3 N–H and O–H groups in total. The lowest BCUT2D eigenvalue weighted by molar-refractivity contribution is -0.117. The molecular weight excluding hydrogens is 362 g/mol. The Hall–Kier alpha value is -2.53. The zero-order chi connectivity index (χ0) is 20.2. The van der Waals surface area contributed by atoms with Gasteiger partial charge in [0.1, 0.15) is 0 Å². The predicted molar refractivity (Wildman–Crippen MR) is 112 cm³/mol. The van der Waals surface area contributed by atoms with Crippen molar-refractivity contribution in [1.29, 1.82) is 0 Å². The van der Waals surface area contributed by atoms with Crippen molar-refractivity contribution in [3.8, 4) is 0 Å². The van der Waals surface area contributed by atoms with Gasteiger partial charge in [-0.05, 0) is 58.2 Å². The Morgan fingerprint density at radius 1 is 1.15 bits per heavy atom. The highest BCUT2D eigenvalue weighted by atomic mass is 35.5. The molecule has 2 amide bonds. The number of allylic oxidation sites excluding steroid dienone is 3. The number of halogens is 1. The molecule has 1 aromatic carbocycles. The molecular formula is C21H28ClN3O2. The van der Waals surface area contributed by atoms with Gasteiger partial charge in [0.15, 0.2) is 0 Å². The van der Waals surface area contributed by atoms with Crippen LogP contribution in [0, 0.1) is 0 Å². The summed E-state index contributed by atoms with van der Waals surface area (Å²) >= 11 is 6.03. The van der Waals surface area contributed by atoms with Crippen LogP contribution >= 0.6 is 11.6 Å². The summed E-state index contributed by atoms with van der Waals surface area (Å²) in [5.41, 5.74) is 0.991. The van der Waals surface area contributed by atoms with E-state index in [9.17, 15) is 9.59 Å². The highest BCUT2D eigenvalue weighted by molar-refractivity contribution is 6.33. The number of nitrogens with one attached hydrogen (secondary N) is 3. The molecule has 1 rings (SSSR count). The fraction of sp³-hybridized carbons (Fsp3) is 0.333. The molecule has 0 bridgehead atoms. The first kappa shape index (κ1) is 22.5. The molecule has 0 radical (unpaired) electrons. The van der Waals surface area contributed by atoms with Crippen molar-refractivity contribution in [3.05, 3.63) is 70.9 Å². The van der Waals surface area contributed by atoms with Crippen LogP contribution in [-0.4, -0.2) is 30.4 Å². The SMILES string of the molecule is C\C=C/C=C(\C=C/NCC(C)NC(=O)c1ccccc1Cl)C(=O)NC(C)C. The van der Waals surface area contributed by atoms with Crippen LogP contribution in [0.15, 0.2) is 60.3 Å². The van der Waals surface area contributed by atoms with Crippen molar-refractivity contribution in [2.45, 2.75) is 39.8 Å². The second kappa shape index (κ2) is 12.0. The van der Waals surface area contributed by atoms with E-state index in [2.05, 4.69) is 16.0 Å². The van der Waals surface area contributed by atoms with Crippen LogP contribution in [0.1, 0.15) is 38.1 Å². The van der Waals surface area contributed by atoms with Crippen LogP contribution in [-0.2, 0) is 4.79 Å². The largest absolute Gasteiger partial charge is 0.389 e. The average molecular weight is 390 g/mol. The topological polar surface area (TPSA) is 70.2 Å². The van der Waals surface area contributed by atoms with E-state index in [0.717, 1.165) is 0 Å². The molecule has 0 heterocycles. The number of carbonyl (C=O) groups excluding carboxylic acids is 2. The fourth-order valence-electron chi connectivity index (χ4n) is 2.14. The summed E-state index contributed by atoms with van der Waals surface area (Å²) in [6, 6.07) is 6.86. The first-order valence-corrected chi connectivity index (χ1v) is 9.32. The van der Waals surface area contributed by atoms with E-state index in [-0.39, 0.29) is 23.9 Å². The van der Waals surface area contributed by atoms with E-state index in [1.165, 1.54) is 0 Å². The lowest BCUT2D eigenvalue weighted by Crippen LogP contribution is -2.38. The second-order valence-electron chi connectivity index (χ2n) is 6.37. The molecule has 0 saturated carbocycles. The van der Waals surface area contributed by atoms with E-state index in [1.807, 2.05) is 39.8 Å². The Morgan fingerprint density at radius 2 is 1.85 bits per heavy atom. The summed E-state index contributed by atoms with van der Waals surface area (Å²) in [5, 5.41) is 9.26. The smallest absolute Gasteiger partial charge is 0.253 e. The molecule has 5 nitrogen and oxygen atoms in total. The number of rotatable bonds is 9. The maximum absolute atomic E-state index is 12.2. The lowest BCUT2D eigenvalue weighted by Gasteiger charge is -2.14. The number of hydrogen-bond acceptors (Lipinski definition) is 3. The third-order valence-electron chi connectivity index (χ3n) is 3.45. The third kappa shape index (κ3) is 8.60. The van der Waals surface area contributed by atoms with Gasteiger partial charge in [0.05, 0.1) is 10.6 Å². The average Bonchev–Trinajstić information content (AvgIpc) is 2.60. The van der Waals surface area contributed by atoms with Gasteiger partial charge in [0.2, 0.25) is 0 Å². The van der Waals surface area contributed by atoms with Crippen LogP contribution in [0.5, 0.6) is 0 Å². The van der Waals surface area contributed by atoms with E-state index < -0.39 is 0 Å². The van der Waals surface area contributed by atoms with Gasteiger partial charge in [0.25, 0.3) is 11.8 Å². The van der Waals surface area contributed by atoms with Crippen LogP contribution in [0.4, 0.5) is 0 Å². The zero-order valence-corrected chi connectivity index (χ0v) is 17.0. The first-order valence-electron chi connectivity index (χ1n) is 8.94. The minimum atomic E-state index is -0.219. The molecule has 1 aromatic rings. The minimum absolute atomic E-state index is 0.0629. The highest BCUT2D eigenvalue weighted by Gasteiger charge is 2.12. The molecule has 0 saturated heterocycles. The predicted octanol–water partition coefficient (Wildman–Crippen LogP) is 3.59. The maximum atomic E-state index is 12.2. The Morgan fingerprint density at radius 3 is 2.48 bits per heavy atom. The Bertz CT molecular complexity index is 724. The summed E-state index contributed by atoms with van der Waals surface area (Å²) in [6.45, 7) is 8.11. The highest BCUT2D eigenvalue weighted by Crippen LogP contribution is 2.14. The third-order valence-corrected chi connectivity index (χ3v) is 3.78. The quantitative estimate of drug-likeness (QED) is 0.446. The molecule has 0 spiro atoms. The number of hydrogen-bond donors (Lipinski definition) is 3. The zero-order valence-electron chi connectivity index (χ0n) is 16.3. The Balaban J connectivity index is 2.57. The summed E-state index contributed by atoms with van der Waals surface area (Å²) in [5.74, 6) is -0.356. The van der Waals surface area contributed by atoms with Crippen molar-refractivity contribution in [2.24, 2.45) is 0 Å². The molecule has 0 aliphatic heterocycles. The van der Waals surface area contributed by atoms with Gasteiger partial charge in [-0.3, -0.25) is 9.59 Å². The molecule has 0 aliphatic rings. The van der Waals surface area contributed by atoms with Gasteiger partial charge in [-0.1, -0.05) is 35.9 Å². The molecule has 1 atom stereocenters. The number of carbonyl (C=O) groups is 2. The molecule has 0 aromatic heterocycles. The fourth-order valence-corrected chi connectivity index (χ4v) is 2.37. The van der Waals surface area contributed by atoms with Crippen molar-refractivity contribution < 1.29 is 9.59 Å². The maximum Gasteiger partial charge on any atom is 0.253 e. The van der Waals surface area contributed by atoms with Crippen LogP contribution in [0.2, 0.25) is 5.02 Å². The van der Waals surface area contributed by atoms with Crippen molar-refractivity contribution in [2.75, 3.05) is 6.54 Å². The normalized spacial score (nSPS) is 13.2.